The number of rotatable bonds is 5. The summed E-state index contributed by atoms with van der Waals surface area (Å²) in [5.41, 5.74) is 1.86. The van der Waals surface area contributed by atoms with Crippen molar-refractivity contribution in [1.82, 2.24) is 9.21 Å². The van der Waals surface area contributed by atoms with Crippen LogP contribution in [0.2, 0.25) is 0 Å². The van der Waals surface area contributed by atoms with E-state index in [1.807, 2.05) is 0 Å². The van der Waals surface area contributed by atoms with Gasteiger partial charge in [0.25, 0.3) is 0 Å². The van der Waals surface area contributed by atoms with Crippen LogP contribution in [-0.4, -0.2) is 49.7 Å². The van der Waals surface area contributed by atoms with E-state index in [2.05, 4.69) is 27.0 Å². The van der Waals surface area contributed by atoms with Crippen LogP contribution in [0.4, 0.5) is 5.69 Å². The quantitative estimate of drug-likeness (QED) is 0.865. The monoisotopic (exact) mass is 379 g/mol. The molecule has 0 atom stereocenters. The van der Waals surface area contributed by atoms with Gasteiger partial charge in [0.2, 0.25) is 15.9 Å². The van der Waals surface area contributed by atoms with Gasteiger partial charge in [0.15, 0.2) is 0 Å². The van der Waals surface area contributed by atoms with E-state index in [1.165, 1.54) is 16.8 Å². The fraction of sp³-hybridized carbons (Fsp3) is 0.353. The molecule has 0 aliphatic carbocycles. The summed E-state index contributed by atoms with van der Waals surface area (Å²) in [5, 5.41) is 6.82. The molecule has 1 N–H and O–H groups in total. The second-order valence-electron chi connectivity index (χ2n) is 6.02. The zero-order valence-corrected chi connectivity index (χ0v) is 15.6. The highest BCUT2D eigenvalue weighted by Crippen LogP contribution is 2.20. The minimum atomic E-state index is -3.50. The van der Waals surface area contributed by atoms with Gasteiger partial charge in [-0.1, -0.05) is 0 Å². The Morgan fingerprint density at radius 2 is 1.80 bits per heavy atom. The fourth-order valence-corrected chi connectivity index (χ4v) is 4.91. The van der Waals surface area contributed by atoms with Crippen molar-refractivity contribution in [2.45, 2.75) is 18.4 Å². The van der Waals surface area contributed by atoms with Crippen molar-refractivity contribution in [3.8, 4) is 0 Å². The van der Waals surface area contributed by atoms with Crippen molar-refractivity contribution in [2.24, 2.45) is 0 Å². The summed E-state index contributed by atoms with van der Waals surface area (Å²) < 4.78 is 27.1. The minimum Gasteiger partial charge on any atom is -0.326 e. The summed E-state index contributed by atoms with van der Waals surface area (Å²) in [6, 6.07) is 8.41. The lowest BCUT2D eigenvalue weighted by Crippen LogP contribution is -2.48. The van der Waals surface area contributed by atoms with E-state index in [9.17, 15) is 13.2 Å². The third-order valence-corrected chi connectivity index (χ3v) is 6.77. The molecule has 2 aromatic rings. The molecule has 25 heavy (non-hydrogen) atoms. The van der Waals surface area contributed by atoms with Gasteiger partial charge in [-0.15, -0.1) is 0 Å². The molecular formula is C17H21N3O3S2. The first kappa shape index (κ1) is 18.1. The average Bonchev–Trinajstić information content (AvgIpc) is 3.08. The molecule has 3 rings (SSSR count). The zero-order valence-electron chi connectivity index (χ0n) is 14.0. The number of amides is 1. The molecule has 1 fully saturated rings. The number of piperazine rings is 1. The Kier molecular flexibility index (Phi) is 5.53. The van der Waals surface area contributed by atoms with E-state index in [0.29, 0.717) is 18.8 Å². The number of carbonyl (C=O) groups is 1. The van der Waals surface area contributed by atoms with Crippen LogP contribution in [0.5, 0.6) is 0 Å². The molecule has 0 spiro atoms. The topological polar surface area (TPSA) is 69.7 Å². The lowest BCUT2D eigenvalue weighted by Gasteiger charge is -2.33. The van der Waals surface area contributed by atoms with Gasteiger partial charge >= 0.3 is 0 Å². The molecule has 0 bridgehead atoms. The van der Waals surface area contributed by atoms with E-state index < -0.39 is 10.0 Å². The van der Waals surface area contributed by atoms with Gasteiger partial charge in [-0.25, -0.2) is 8.42 Å². The molecule has 1 aromatic carbocycles. The predicted octanol–water partition coefficient (Wildman–Crippen LogP) is 2.21. The number of sulfonamides is 1. The smallest absolute Gasteiger partial charge is 0.243 e. The van der Waals surface area contributed by atoms with Gasteiger partial charge < -0.3 is 5.32 Å². The lowest BCUT2D eigenvalue weighted by atomic mass is 10.3. The second kappa shape index (κ2) is 7.65. The SMILES string of the molecule is CC(=O)Nc1ccc(S(=O)(=O)N2CCN(Cc3ccsc3)CC2)cc1. The van der Waals surface area contributed by atoms with Crippen LogP contribution in [0, 0.1) is 0 Å². The van der Waals surface area contributed by atoms with Crippen LogP contribution < -0.4 is 5.32 Å². The van der Waals surface area contributed by atoms with E-state index in [-0.39, 0.29) is 10.8 Å². The first-order valence-corrected chi connectivity index (χ1v) is 10.4. The number of carbonyl (C=O) groups excluding carboxylic acids is 1. The molecule has 1 saturated heterocycles. The first-order chi connectivity index (χ1) is 11.9. The van der Waals surface area contributed by atoms with Gasteiger partial charge in [-0.3, -0.25) is 9.69 Å². The summed E-state index contributed by atoms with van der Waals surface area (Å²) in [4.78, 5) is 13.6. The van der Waals surface area contributed by atoms with E-state index in [0.717, 1.165) is 19.6 Å². The molecule has 6 nitrogen and oxygen atoms in total. The molecule has 134 valence electrons. The van der Waals surface area contributed by atoms with E-state index in [1.54, 1.807) is 35.6 Å². The minimum absolute atomic E-state index is 0.183. The van der Waals surface area contributed by atoms with Crippen LogP contribution >= 0.6 is 11.3 Å². The number of anilines is 1. The van der Waals surface area contributed by atoms with Crippen LogP contribution in [0.1, 0.15) is 12.5 Å². The normalized spacial score (nSPS) is 16.7. The number of hydrogen-bond donors (Lipinski definition) is 1. The summed E-state index contributed by atoms with van der Waals surface area (Å²) >= 11 is 1.68. The molecule has 1 aromatic heterocycles. The summed E-state index contributed by atoms with van der Waals surface area (Å²) in [6.07, 6.45) is 0. The number of thiophene rings is 1. The third-order valence-electron chi connectivity index (χ3n) is 4.13. The maximum absolute atomic E-state index is 12.8. The third kappa shape index (κ3) is 4.46. The Morgan fingerprint density at radius 1 is 1.12 bits per heavy atom. The maximum Gasteiger partial charge on any atom is 0.243 e. The van der Waals surface area contributed by atoms with Crippen LogP contribution in [0.25, 0.3) is 0 Å². The standard InChI is InChI=1S/C17H21N3O3S2/c1-14(21)18-16-2-4-17(5-3-16)25(22,23)20-9-7-19(8-10-20)12-15-6-11-24-13-15/h2-6,11,13H,7-10,12H2,1H3,(H,18,21). The number of hydrogen-bond acceptors (Lipinski definition) is 5. The molecule has 0 unspecified atom stereocenters. The molecule has 0 radical (unpaired) electrons. The van der Waals surface area contributed by atoms with Gasteiger partial charge in [0.05, 0.1) is 4.90 Å². The number of benzene rings is 1. The molecule has 1 aliphatic rings. The Labute approximate surface area is 152 Å². The molecule has 8 heteroatoms. The predicted molar refractivity (Wildman–Crippen MR) is 99.1 cm³/mol. The van der Waals surface area contributed by atoms with Crippen molar-refractivity contribution < 1.29 is 13.2 Å². The van der Waals surface area contributed by atoms with Crippen molar-refractivity contribution >= 4 is 33.0 Å². The van der Waals surface area contributed by atoms with Gasteiger partial charge in [-0.2, -0.15) is 15.6 Å². The Bertz CT molecular complexity index is 809. The average molecular weight is 380 g/mol. The Hall–Kier alpha value is -1.74. The molecule has 1 aliphatic heterocycles. The number of nitrogens with zero attached hydrogens (tertiary/aromatic N) is 2. The van der Waals surface area contributed by atoms with Gasteiger partial charge in [0.1, 0.15) is 0 Å². The van der Waals surface area contributed by atoms with Crippen molar-refractivity contribution in [3.63, 3.8) is 0 Å². The lowest BCUT2D eigenvalue weighted by molar-refractivity contribution is -0.114. The first-order valence-electron chi connectivity index (χ1n) is 8.06. The molecule has 0 saturated carbocycles. The van der Waals surface area contributed by atoms with Crippen molar-refractivity contribution in [3.05, 3.63) is 46.7 Å². The maximum atomic E-state index is 12.8. The fourth-order valence-electron chi connectivity index (χ4n) is 2.83. The highest BCUT2D eigenvalue weighted by molar-refractivity contribution is 7.89. The van der Waals surface area contributed by atoms with Crippen molar-refractivity contribution in [1.29, 1.82) is 0 Å². The van der Waals surface area contributed by atoms with Gasteiger partial charge in [-0.05, 0) is 46.7 Å². The van der Waals surface area contributed by atoms with Crippen LogP contribution in [0.15, 0.2) is 46.0 Å². The molecule has 2 heterocycles. The summed E-state index contributed by atoms with van der Waals surface area (Å²) in [5.74, 6) is -0.183. The Morgan fingerprint density at radius 3 is 2.36 bits per heavy atom. The largest absolute Gasteiger partial charge is 0.326 e. The number of nitrogens with one attached hydrogen (secondary N) is 1. The highest BCUT2D eigenvalue weighted by atomic mass is 32.2. The molecule has 1 amide bonds. The van der Waals surface area contributed by atoms with Crippen molar-refractivity contribution in [2.75, 3.05) is 31.5 Å². The van der Waals surface area contributed by atoms with E-state index in [4.69, 9.17) is 0 Å². The van der Waals surface area contributed by atoms with Crippen LogP contribution in [0.3, 0.4) is 0 Å². The summed E-state index contributed by atoms with van der Waals surface area (Å²) in [6.45, 7) is 4.70. The second-order valence-corrected chi connectivity index (χ2v) is 8.74. The summed E-state index contributed by atoms with van der Waals surface area (Å²) in [7, 11) is -3.50. The van der Waals surface area contributed by atoms with Gasteiger partial charge in [0, 0.05) is 45.3 Å². The highest BCUT2D eigenvalue weighted by Gasteiger charge is 2.28. The van der Waals surface area contributed by atoms with Crippen LogP contribution in [-0.2, 0) is 21.4 Å². The Balaban J connectivity index is 1.62. The van der Waals surface area contributed by atoms with E-state index >= 15 is 0 Å². The molecular weight excluding hydrogens is 358 g/mol. The zero-order chi connectivity index (χ0) is 17.9.